The number of nitrogens with one attached hydrogen (secondary N) is 1. The van der Waals surface area contributed by atoms with Crippen LogP contribution in [0.2, 0.25) is 0 Å². The number of aromatic carboxylic acids is 1. The lowest BCUT2D eigenvalue weighted by atomic mass is 9.99. The van der Waals surface area contributed by atoms with E-state index in [1.54, 1.807) is 0 Å². The van der Waals surface area contributed by atoms with Crippen molar-refractivity contribution in [1.29, 1.82) is 0 Å². The quantitative estimate of drug-likeness (QED) is 0.0267. The van der Waals surface area contributed by atoms with Crippen molar-refractivity contribution in [3.8, 4) is 28.7 Å². The van der Waals surface area contributed by atoms with Crippen molar-refractivity contribution in [2.45, 2.75) is 50.0 Å². The van der Waals surface area contributed by atoms with Gasteiger partial charge in [0.25, 0.3) is 0 Å². The van der Waals surface area contributed by atoms with Gasteiger partial charge in [-0.1, -0.05) is 30.3 Å². The summed E-state index contributed by atoms with van der Waals surface area (Å²) >= 11 is 0. The molecule has 1 aliphatic heterocycles. The zero-order chi connectivity index (χ0) is 40.1. The lowest BCUT2D eigenvalue weighted by Gasteiger charge is -2.40. The smallest absolute Gasteiger partial charge is 0.338 e. The summed E-state index contributed by atoms with van der Waals surface area (Å²) in [7, 11) is 2.73. The molecule has 1 fully saturated rings. The summed E-state index contributed by atoms with van der Waals surface area (Å²) in [4.78, 5) is 33.0. The molecule has 0 aromatic heterocycles. The van der Waals surface area contributed by atoms with E-state index in [-0.39, 0.29) is 83.7 Å². The number of methoxy groups -OCH3 is 1. The molecule has 12 N–H and O–H groups in total. The van der Waals surface area contributed by atoms with E-state index >= 15 is 0 Å². The summed E-state index contributed by atoms with van der Waals surface area (Å²) in [6, 6.07) is 14.5. The highest BCUT2D eigenvalue weighted by Gasteiger charge is 2.46. The van der Waals surface area contributed by atoms with Crippen LogP contribution in [0.15, 0.2) is 64.6 Å². The fraction of sp³-hybridized carbons (Fsp3) is 0.389. The molecule has 0 bridgehead atoms. The Balaban J connectivity index is 1.54. The van der Waals surface area contributed by atoms with Crippen LogP contribution < -0.4 is 41.5 Å². The SMILES string of the molecule is CN=C(N)NCOc1cc(C(=O)O)cc(CCCN=C(N)N)c1O[C@@H]1O[C@H](COC(=O)c2cc(OC)c(O)c(OCCc3ccccc3)c2)[C@@H](O)[C@H](O)[C@H]1O. The summed E-state index contributed by atoms with van der Waals surface area (Å²) in [6.45, 7) is -0.575. The highest BCUT2D eigenvalue weighted by Crippen LogP contribution is 2.39. The molecule has 19 nitrogen and oxygen atoms in total. The number of ether oxygens (including phenoxy) is 6. The van der Waals surface area contributed by atoms with Crippen LogP contribution in [-0.2, 0) is 22.3 Å². The Hall–Kier alpha value is -6.02. The van der Waals surface area contributed by atoms with Crippen LogP contribution in [0, 0.1) is 0 Å². The van der Waals surface area contributed by atoms with Crippen molar-refractivity contribution in [1.82, 2.24) is 5.32 Å². The number of carbonyl (C=O) groups is 2. The third-order valence-electron chi connectivity index (χ3n) is 8.27. The molecular weight excluding hydrogens is 724 g/mol. The number of benzene rings is 3. The van der Waals surface area contributed by atoms with Gasteiger partial charge >= 0.3 is 11.9 Å². The van der Waals surface area contributed by atoms with E-state index in [9.17, 15) is 35.1 Å². The monoisotopic (exact) mass is 770 g/mol. The first-order chi connectivity index (χ1) is 26.3. The molecule has 1 saturated heterocycles. The first kappa shape index (κ1) is 41.7. The summed E-state index contributed by atoms with van der Waals surface area (Å²) in [5.74, 6) is -2.96. The summed E-state index contributed by atoms with van der Waals surface area (Å²) in [6.07, 6.45) is -7.61. The molecule has 0 aliphatic carbocycles. The molecule has 4 rings (SSSR count). The highest BCUT2D eigenvalue weighted by atomic mass is 16.7. The summed E-state index contributed by atoms with van der Waals surface area (Å²) in [5, 5.41) is 55.7. The number of carboxylic acids is 1. The molecule has 0 amide bonds. The third-order valence-corrected chi connectivity index (χ3v) is 8.27. The predicted octanol–water partition coefficient (Wildman–Crippen LogP) is -0.160. The van der Waals surface area contributed by atoms with Gasteiger partial charge in [0, 0.05) is 20.0 Å². The van der Waals surface area contributed by atoms with Crippen molar-refractivity contribution in [2.24, 2.45) is 27.2 Å². The fourth-order valence-electron chi connectivity index (χ4n) is 5.35. The number of guanidine groups is 2. The van der Waals surface area contributed by atoms with Gasteiger partial charge < -0.3 is 76.5 Å². The Morgan fingerprint density at radius 1 is 0.909 bits per heavy atom. The minimum Gasteiger partial charge on any atom is -0.502 e. The Bertz CT molecular complexity index is 1820. The number of carbonyl (C=O) groups excluding carboxylic acids is 1. The number of aromatic hydroxyl groups is 1. The number of aryl methyl sites for hydroxylation is 1. The highest BCUT2D eigenvalue weighted by molar-refractivity contribution is 5.91. The van der Waals surface area contributed by atoms with E-state index in [1.807, 2.05) is 30.3 Å². The molecule has 3 aromatic carbocycles. The van der Waals surface area contributed by atoms with Gasteiger partial charge in [-0.2, -0.15) is 0 Å². The van der Waals surface area contributed by atoms with E-state index in [0.717, 1.165) is 5.56 Å². The largest absolute Gasteiger partial charge is 0.502 e. The van der Waals surface area contributed by atoms with Crippen LogP contribution in [0.4, 0.5) is 0 Å². The molecule has 0 radical (unpaired) electrons. The number of phenolic OH excluding ortho intramolecular Hbond substituents is 1. The maximum absolute atomic E-state index is 13.2. The lowest BCUT2D eigenvalue weighted by Crippen LogP contribution is -2.60. The molecule has 55 heavy (non-hydrogen) atoms. The number of rotatable bonds is 18. The zero-order valence-electron chi connectivity index (χ0n) is 30.2. The van der Waals surface area contributed by atoms with Gasteiger partial charge in [0.05, 0.1) is 24.8 Å². The first-order valence-corrected chi connectivity index (χ1v) is 17.0. The number of hydrogen-bond acceptors (Lipinski definition) is 14. The molecule has 1 heterocycles. The van der Waals surface area contributed by atoms with Crippen LogP contribution in [0.3, 0.4) is 0 Å². The number of aliphatic imine (C=N–C) groups is 2. The normalized spacial score (nSPS) is 19.5. The van der Waals surface area contributed by atoms with Crippen LogP contribution in [0.5, 0.6) is 28.7 Å². The lowest BCUT2D eigenvalue weighted by molar-refractivity contribution is -0.277. The van der Waals surface area contributed by atoms with Crippen molar-refractivity contribution in [3.63, 3.8) is 0 Å². The van der Waals surface area contributed by atoms with Crippen molar-refractivity contribution < 1.29 is 63.5 Å². The van der Waals surface area contributed by atoms with E-state index in [0.29, 0.717) is 12.8 Å². The molecule has 5 atom stereocenters. The van der Waals surface area contributed by atoms with Gasteiger partial charge in [0.1, 0.15) is 31.0 Å². The maximum atomic E-state index is 13.2. The second-order valence-electron chi connectivity index (χ2n) is 12.1. The minimum absolute atomic E-state index is 0.0207. The van der Waals surface area contributed by atoms with E-state index in [1.165, 1.54) is 38.4 Å². The van der Waals surface area contributed by atoms with Gasteiger partial charge in [0.2, 0.25) is 12.0 Å². The van der Waals surface area contributed by atoms with Gasteiger partial charge in [-0.15, -0.1) is 0 Å². The van der Waals surface area contributed by atoms with Crippen molar-refractivity contribution in [3.05, 3.63) is 76.9 Å². The average molecular weight is 771 g/mol. The molecule has 1 aliphatic rings. The molecule has 298 valence electrons. The van der Waals surface area contributed by atoms with Crippen molar-refractivity contribution in [2.75, 3.05) is 40.6 Å². The molecule has 19 heteroatoms. The van der Waals surface area contributed by atoms with Gasteiger partial charge in [-0.25, -0.2) is 9.59 Å². The Labute approximate surface area is 315 Å². The number of phenols is 1. The van der Waals surface area contributed by atoms with Crippen LogP contribution >= 0.6 is 0 Å². The maximum Gasteiger partial charge on any atom is 0.338 e. The molecule has 3 aromatic rings. The number of nitrogens with two attached hydrogens (primary N) is 3. The molecule has 0 unspecified atom stereocenters. The topological polar surface area (TPSA) is 305 Å². The second kappa shape index (κ2) is 19.9. The first-order valence-electron chi connectivity index (χ1n) is 17.0. The van der Waals surface area contributed by atoms with Crippen LogP contribution in [0.1, 0.15) is 38.3 Å². The zero-order valence-corrected chi connectivity index (χ0v) is 30.2. The Kier molecular flexibility index (Phi) is 15.1. The third kappa shape index (κ3) is 11.5. The number of carboxylic acid groups (broad SMARTS) is 1. The van der Waals surface area contributed by atoms with E-state index in [2.05, 4.69) is 15.3 Å². The average Bonchev–Trinajstić information content (AvgIpc) is 3.17. The molecular formula is C36H46N6O13. The van der Waals surface area contributed by atoms with Gasteiger partial charge in [-0.3, -0.25) is 9.98 Å². The number of nitrogens with zero attached hydrogens (tertiary/aromatic N) is 2. The van der Waals surface area contributed by atoms with Crippen molar-refractivity contribution >= 4 is 23.9 Å². The van der Waals surface area contributed by atoms with Gasteiger partial charge in [0.15, 0.2) is 41.6 Å². The molecule has 0 saturated carbocycles. The number of esters is 1. The fourth-order valence-corrected chi connectivity index (χ4v) is 5.35. The predicted molar refractivity (Wildman–Crippen MR) is 196 cm³/mol. The Morgan fingerprint density at radius 3 is 2.29 bits per heavy atom. The molecule has 0 spiro atoms. The number of aliphatic hydroxyl groups excluding tert-OH is 3. The van der Waals surface area contributed by atoms with E-state index in [4.69, 9.17) is 45.6 Å². The Morgan fingerprint density at radius 2 is 1.62 bits per heavy atom. The van der Waals surface area contributed by atoms with E-state index < -0.39 is 49.3 Å². The summed E-state index contributed by atoms with van der Waals surface area (Å²) in [5.41, 5.74) is 17.6. The standard InChI is InChI=1S/C36H46N6O13/c1-40-36(39)42-18-53-25-14-21(32(47)48)13-20(9-6-11-41-35(37)38)31(25)55-34-30(46)29(45)28(44)26(54-34)17-52-33(49)22-15-23(50-2)27(43)24(16-22)51-12-10-19-7-4-3-5-8-19/h3-5,7-8,13-16,26,28-30,34,43-46H,6,9-12,17-18H2,1-2H3,(H,47,48)(H4,37,38,41)(H3,39,40,42)/t26-,28-,29+,30-,34+/m1/s1. The number of aliphatic hydroxyl groups is 3. The van der Waals surface area contributed by atoms with Crippen LogP contribution in [0.25, 0.3) is 0 Å². The number of hydrogen-bond donors (Lipinski definition) is 9. The minimum atomic E-state index is -1.85. The van der Waals surface area contributed by atoms with Gasteiger partial charge in [-0.05, 0) is 48.2 Å². The van der Waals surface area contributed by atoms with Crippen LogP contribution in [-0.4, -0.2) is 121 Å². The second-order valence-corrected chi connectivity index (χ2v) is 12.1. The summed E-state index contributed by atoms with van der Waals surface area (Å²) < 4.78 is 34.0.